The van der Waals surface area contributed by atoms with Crippen LogP contribution in [0.5, 0.6) is 0 Å². The van der Waals surface area contributed by atoms with E-state index < -0.39 is 9.84 Å². The Hall–Kier alpha value is -1.99. The van der Waals surface area contributed by atoms with Crippen molar-refractivity contribution in [1.82, 2.24) is 15.3 Å². The molecule has 7 heteroatoms. The SMILES string of the molecule is Cc1ccc(S(=O)(=O)c2cncc(N3CCNCC3)n2)cc1. The molecule has 1 aliphatic heterocycles. The van der Waals surface area contributed by atoms with E-state index in [1.165, 1.54) is 6.20 Å². The third-order valence-electron chi connectivity index (χ3n) is 3.65. The smallest absolute Gasteiger partial charge is 0.225 e. The van der Waals surface area contributed by atoms with E-state index >= 15 is 0 Å². The molecule has 1 aromatic heterocycles. The van der Waals surface area contributed by atoms with Crippen molar-refractivity contribution >= 4 is 15.7 Å². The minimum absolute atomic E-state index is 0.00705. The number of hydrogen-bond donors (Lipinski definition) is 1. The van der Waals surface area contributed by atoms with E-state index in [0.717, 1.165) is 31.7 Å². The predicted molar refractivity (Wildman–Crippen MR) is 83.7 cm³/mol. The molecule has 116 valence electrons. The van der Waals surface area contributed by atoms with E-state index in [1.54, 1.807) is 30.5 Å². The van der Waals surface area contributed by atoms with Gasteiger partial charge in [-0.15, -0.1) is 0 Å². The zero-order valence-corrected chi connectivity index (χ0v) is 13.2. The van der Waals surface area contributed by atoms with Gasteiger partial charge in [0.25, 0.3) is 0 Å². The zero-order valence-electron chi connectivity index (χ0n) is 12.4. The first kappa shape index (κ1) is 14.9. The lowest BCUT2D eigenvalue weighted by atomic mass is 10.2. The lowest BCUT2D eigenvalue weighted by Crippen LogP contribution is -2.44. The number of anilines is 1. The van der Waals surface area contributed by atoms with Crippen LogP contribution < -0.4 is 10.2 Å². The van der Waals surface area contributed by atoms with Crippen molar-refractivity contribution in [3.8, 4) is 0 Å². The molecule has 1 fully saturated rings. The molecule has 0 aliphatic carbocycles. The number of rotatable bonds is 3. The maximum Gasteiger partial charge on any atom is 0.225 e. The van der Waals surface area contributed by atoms with E-state index in [0.29, 0.717) is 5.82 Å². The molecule has 0 unspecified atom stereocenters. The average Bonchev–Trinajstić information content (AvgIpc) is 2.56. The monoisotopic (exact) mass is 318 g/mol. The van der Waals surface area contributed by atoms with Crippen LogP contribution in [0.1, 0.15) is 5.56 Å². The van der Waals surface area contributed by atoms with Crippen LogP contribution in [0, 0.1) is 6.92 Å². The van der Waals surface area contributed by atoms with Gasteiger partial charge in [-0.25, -0.2) is 13.4 Å². The molecule has 1 N–H and O–H groups in total. The van der Waals surface area contributed by atoms with Crippen LogP contribution >= 0.6 is 0 Å². The van der Waals surface area contributed by atoms with Crippen molar-refractivity contribution in [3.63, 3.8) is 0 Å². The summed E-state index contributed by atoms with van der Waals surface area (Å²) in [5.41, 5.74) is 1.01. The van der Waals surface area contributed by atoms with Crippen molar-refractivity contribution in [2.45, 2.75) is 16.8 Å². The Morgan fingerprint density at radius 3 is 2.45 bits per heavy atom. The molecule has 2 heterocycles. The average molecular weight is 318 g/mol. The number of aryl methyl sites for hydroxylation is 1. The minimum atomic E-state index is -3.63. The summed E-state index contributed by atoms with van der Waals surface area (Å²) in [6, 6.07) is 6.76. The number of nitrogens with one attached hydrogen (secondary N) is 1. The van der Waals surface area contributed by atoms with Gasteiger partial charge in [0, 0.05) is 26.2 Å². The van der Waals surface area contributed by atoms with Gasteiger partial charge >= 0.3 is 0 Å². The summed E-state index contributed by atoms with van der Waals surface area (Å²) >= 11 is 0. The summed E-state index contributed by atoms with van der Waals surface area (Å²) in [6.07, 6.45) is 2.92. The third-order valence-corrected chi connectivity index (χ3v) is 5.29. The molecule has 0 spiro atoms. The van der Waals surface area contributed by atoms with Crippen molar-refractivity contribution in [1.29, 1.82) is 0 Å². The van der Waals surface area contributed by atoms with E-state index in [9.17, 15) is 8.42 Å². The Morgan fingerprint density at radius 1 is 1.09 bits per heavy atom. The topological polar surface area (TPSA) is 75.2 Å². The predicted octanol–water partition coefficient (Wildman–Crippen LogP) is 1.03. The second-order valence-electron chi connectivity index (χ2n) is 5.27. The Balaban J connectivity index is 1.95. The highest BCUT2D eigenvalue weighted by molar-refractivity contribution is 7.91. The molecule has 0 atom stereocenters. The first-order chi connectivity index (χ1) is 10.6. The molecule has 2 aromatic rings. The van der Waals surface area contributed by atoms with Crippen molar-refractivity contribution in [3.05, 3.63) is 42.2 Å². The first-order valence-electron chi connectivity index (χ1n) is 7.17. The van der Waals surface area contributed by atoms with E-state index in [2.05, 4.69) is 15.3 Å². The van der Waals surface area contributed by atoms with Gasteiger partial charge in [0.2, 0.25) is 9.84 Å². The maximum absolute atomic E-state index is 12.6. The standard InChI is InChI=1S/C15H18N4O2S/c1-12-2-4-13(5-3-12)22(20,21)15-11-17-10-14(18-15)19-8-6-16-7-9-19/h2-5,10-11,16H,6-9H2,1H3. The van der Waals surface area contributed by atoms with Crippen LogP contribution in [0.4, 0.5) is 5.82 Å². The van der Waals surface area contributed by atoms with Crippen LogP contribution in [0.15, 0.2) is 46.6 Å². The van der Waals surface area contributed by atoms with Crippen LogP contribution in [0.3, 0.4) is 0 Å². The highest BCUT2D eigenvalue weighted by Crippen LogP contribution is 2.21. The zero-order chi connectivity index (χ0) is 15.6. The van der Waals surface area contributed by atoms with Crippen LogP contribution in [-0.2, 0) is 9.84 Å². The van der Waals surface area contributed by atoms with E-state index in [1.807, 2.05) is 11.8 Å². The Labute approximate surface area is 130 Å². The van der Waals surface area contributed by atoms with Gasteiger partial charge in [0.15, 0.2) is 5.03 Å². The number of piperazine rings is 1. The van der Waals surface area contributed by atoms with Gasteiger partial charge in [0.1, 0.15) is 5.82 Å². The van der Waals surface area contributed by atoms with Gasteiger partial charge < -0.3 is 10.2 Å². The molecule has 1 aromatic carbocycles. The van der Waals surface area contributed by atoms with E-state index in [4.69, 9.17) is 0 Å². The second kappa shape index (κ2) is 6.02. The summed E-state index contributed by atoms with van der Waals surface area (Å²) in [5.74, 6) is 0.606. The molecule has 0 radical (unpaired) electrons. The normalized spacial score (nSPS) is 15.8. The lowest BCUT2D eigenvalue weighted by molar-refractivity contribution is 0.577. The molecule has 1 saturated heterocycles. The largest absolute Gasteiger partial charge is 0.353 e. The lowest BCUT2D eigenvalue weighted by Gasteiger charge is -2.28. The fraction of sp³-hybridized carbons (Fsp3) is 0.333. The molecule has 1 aliphatic rings. The number of hydrogen-bond acceptors (Lipinski definition) is 6. The highest BCUT2D eigenvalue weighted by Gasteiger charge is 2.21. The quantitative estimate of drug-likeness (QED) is 0.911. The molecule has 3 rings (SSSR count). The molecule has 0 amide bonds. The van der Waals surface area contributed by atoms with Crippen LogP contribution in [0.25, 0.3) is 0 Å². The summed E-state index contributed by atoms with van der Waals surface area (Å²) < 4.78 is 25.3. The van der Waals surface area contributed by atoms with Gasteiger partial charge in [-0.05, 0) is 19.1 Å². The van der Waals surface area contributed by atoms with Crippen molar-refractivity contribution < 1.29 is 8.42 Å². The van der Waals surface area contributed by atoms with Crippen LogP contribution in [-0.4, -0.2) is 44.6 Å². The molecule has 6 nitrogen and oxygen atoms in total. The summed E-state index contributed by atoms with van der Waals surface area (Å²) in [4.78, 5) is 10.7. The summed E-state index contributed by atoms with van der Waals surface area (Å²) in [7, 11) is -3.63. The summed E-state index contributed by atoms with van der Waals surface area (Å²) in [6.45, 7) is 5.22. The second-order valence-corrected chi connectivity index (χ2v) is 7.17. The molecule has 22 heavy (non-hydrogen) atoms. The van der Waals surface area contributed by atoms with Crippen LogP contribution in [0.2, 0.25) is 0 Å². The summed E-state index contributed by atoms with van der Waals surface area (Å²) in [5, 5.41) is 3.25. The Bertz CT molecular complexity index is 753. The fourth-order valence-electron chi connectivity index (χ4n) is 2.35. The van der Waals surface area contributed by atoms with E-state index in [-0.39, 0.29) is 9.92 Å². The number of nitrogens with zero attached hydrogens (tertiary/aromatic N) is 3. The third kappa shape index (κ3) is 2.95. The maximum atomic E-state index is 12.6. The van der Waals surface area contributed by atoms with Gasteiger partial charge in [-0.2, -0.15) is 0 Å². The number of aromatic nitrogens is 2. The van der Waals surface area contributed by atoms with Crippen molar-refractivity contribution in [2.75, 3.05) is 31.1 Å². The molecule has 0 bridgehead atoms. The minimum Gasteiger partial charge on any atom is -0.353 e. The van der Waals surface area contributed by atoms with Crippen molar-refractivity contribution in [2.24, 2.45) is 0 Å². The number of benzene rings is 1. The van der Waals surface area contributed by atoms with Gasteiger partial charge in [-0.3, -0.25) is 4.98 Å². The molecule has 0 saturated carbocycles. The first-order valence-corrected chi connectivity index (χ1v) is 8.65. The Morgan fingerprint density at radius 2 is 1.77 bits per heavy atom. The van der Waals surface area contributed by atoms with Gasteiger partial charge in [0.05, 0.1) is 17.3 Å². The van der Waals surface area contributed by atoms with Gasteiger partial charge in [-0.1, -0.05) is 17.7 Å². The fourth-order valence-corrected chi connectivity index (χ4v) is 3.50. The molecular weight excluding hydrogens is 300 g/mol. The Kier molecular flexibility index (Phi) is 4.08. The molecular formula is C15H18N4O2S. The highest BCUT2D eigenvalue weighted by atomic mass is 32.2. The number of sulfone groups is 1.